The highest BCUT2D eigenvalue weighted by Crippen LogP contribution is 2.53. The summed E-state index contributed by atoms with van der Waals surface area (Å²) in [7, 11) is 0. The predicted molar refractivity (Wildman–Crippen MR) is 59.5 cm³/mol. The van der Waals surface area contributed by atoms with Crippen LogP contribution in [0.1, 0.15) is 24.0 Å². The monoisotopic (exact) mass is 227 g/mol. The van der Waals surface area contributed by atoms with Crippen molar-refractivity contribution in [2.24, 2.45) is 5.73 Å². The lowest BCUT2D eigenvalue weighted by Crippen LogP contribution is -2.21. The fourth-order valence-electron chi connectivity index (χ4n) is 2.11. The van der Waals surface area contributed by atoms with E-state index in [4.69, 9.17) is 17.3 Å². The molecule has 4 N–H and O–H groups in total. The van der Waals surface area contributed by atoms with Crippen molar-refractivity contribution in [3.8, 4) is 11.5 Å². The molecule has 1 aromatic carbocycles. The Hall–Kier alpha value is -0.930. The van der Waals surface area contributed by atoms with E-state index in [2.05, 4.69) is 0 Å². The molecule has 0 spiro atoms. The smallest absolute Gasteiger partial charge is 0.176 e. The van der Waals surface area contributed by atoms with Crippen LogP contribution < -0.4 is 5.73 Å². The minimum absolute atomic E-state index is 0.0770. The Morgan fingerprint density at radius 2 is 2.07 bits per heavy atom. The third-order valence-electron chi connectivity index (χ3n) is 3.19. The Kier molecular flexibility index (Phi) is 2.32. The Balaban J connectivity index is 2.62. The molecular weight excluding hydrogens is 214 g/mol. The van der Waals surface area contributed by atoms with E-state index in [9.17, 15) is 10.2 Å². The first-order chi connectivity index (χ1) is 7.02. The number of halogens is 1. The maximum Gasteiger partial charge on any atom is 0.176 e. The zero-order chi connectivity index (χ0) is 11.2. The van der Waals surface area contributed by atoms with E-state index in [0.717, 1.165) is 24.0 Å². The lowest BCUT2D eigenvalue weighted by molar-refractivity contribution is 0.402. The lowest BCUT2D eigenvalue weighted by Gasteiger charge is -2.19. The number of phenols is 2. The molecule has 0 aromatic heterocycles. The van der Waals surface area contributed by atoms with Crippen LogP contribution in [0.25, 0.3) is 0 Å². The van der Waals surface area contributed by atoms with E-state index in [-0.39, 0.29) is 21.9 Å². The van der Waals surface area contributed by atoms with Crippen molar-refractivity contribution in [2.45, 2.75) is 25.2 Å². The molecule has 3 nitrogen and oxygen atoms in total. The third-order valence-corrected chi connectivity index (χ3v) is 3.56. The van der Waals surface area contributed by atoms with Gasteiger partial charge in [-0.2, -0.15) is 0 Å². The molecule has 0 unspecified atom stereocenters. The van der Waals surface area contributed by atoms with E-state index >= 15 is 0 Å². The van der Waals surface area contributed by atoms with Gasteiger partial charge >= 0.3 is 0 Å². The van der Waals surface area contributed by atoms with E-state index in [1.807, 2.05) is 6.92 Å². The Morgan fingerprint density at radius 3 is 2.53 bits per heavy atom. The normalized spacial score (nSPS) is 17.8. The number of nitrogens with two attached hydrogens (primary N) is 1. The summed E-state index contributed by atoms with van der Waals surface area (Å²) in [6.07, 6.45) is 1.99. The van der Waals surface area contributed by atoms with E-state index in [1.165, 1.54) is 6.07 Å². The van der Waals surface area contributed by atoms with Crippen LogP contribution >= 0.6 is 11.6 Å². The van der Waals surface area contributed by atoms with Crippen LogP contribution in [0.3, 0.4) is 0 Å². The maximum absolute atomic E-state index is 9.58. The molecule has 0 radical (unpaired) electrons. The van der Waals surface area contributed by atoms with Crippen molar-refractivity contribution in [1.29, 1.82) is 0 Å². The van der Waals surface area contributed by atoms with Crippen LogP contribution in [0.2, 0.25) is 5.02 Å². The molecule has 1 aromatic rings. The molecule has 4 heteroatoms. The van der Waals surface area contributed by atoms with Gasteiger partial charge in [0.1, 0.15) is 0 Å². The predicted octanol–water partition coefficient (Wildman–Crippen LogP) is 2.05. The summed E-state index contributed by atoms with van der Waals surface area (Å²) in [4.78, 5) is 0. The highest BCUT2D eigenvalue weighted by atomic mass is 35.5. The summed E-state index contributed by atoms with van der Waals surface area (Å²) in [6, 6.07) is 1.53. The molecule has 1 fully saturated rings. The van der Waals surface area contributed by atoms with Gasteiger partial charge in [-0.1, -0.05) is 11.6 Å². The van der Waals surface area contributed by atoms with E-state index in [1.54, 1.807) is 0 Å². The van der Waals surface area contributed by atoms with Gasteiger partial charge in [-0.05, 0) is 37.0 Å². The van der Waals surface area contributed by atoms with Gasteiger partial charge in [0.15, 0.2) is 11.5 Å². The Morgan fingerprint density at radius 1 is 1.47 bits per heavy atom. The topological polar surface area (TPSA) is 66.5 Å². The van der Waals surface area contributed by atoms with Crippen molar-refractivity contribution < 1.29 is 10.2 Å². The molecule has 1 aliphatic carbocycles. The minimum Gasteiger partial charge on any atom is -0.504 e. The number of hydrogen-bond donors (Lipinski definition) is 3. The largest absolute Gasteiger partial charge is 0.504 e. The minimum atomic E-state index is -0.239. The summed E-state index contributed by atoms with van der Waals surface area (Å²) in [5.74, 6) is -0.411. The number of hydrogen-bond acceptors (Lipinski definition) is 3. The summed E-state index contributed by atoms with van der Waals surface area (Å²) >= 11 is 6.04. The summed E-state index contributed by atoms with van der Waals surface area (Å²) in [5.41, 5.74) is 7.42. The average Bonchev–Trinajstić information content (AvgIpc) is 2.96. The Labute approximate surface area is 93.5 Å². The van der Waals surface area contributed by atoms with Gasteiger partial charge in [0.05, 0.1) is 5.02 Å². The number of aryl methyl sites for hydroxylation is 1. The SMILES string of the molecule is Cc1cc(O)c(O)c(Cl)c1C1(CN)CC1. The average molecular weight is 228 g/mol. The molecule has 0 aliphatic heterocycles. The fourth-order valence-corrected chi connectivity index (χ4v) is 2.55. The first kappa shape index (κ1) is 10.6. The van der Waals surface area contributed by atoms with Crippen LogP contribution in [-0.4, -0.2) is 16.8 Å². The highest BCUT2D eigenvalue weighted by molar-refractivity contribution is 6.33. The molecule has 0 atom stereocenters. The van der Waals surface area contributed by atoms with Gasteiger partial charge in [0.25, 0.3) is 0 Å². The first-order valence-electron chi connectivity index (χ1n) is 4.93. The second kappa shape index (κ2) is 3.29. The number of rotatable bonds is 2. The van der Waals surface area contributed by atoms with Gasteiger partial charge < -0.3 is 15.9 Å². The Bertz CT molecular complexity index is 414. The molecule has 0 bridgehead atoms. The molecule has 15 heavy (non-hydrogen) atoms. The molecule has 0 saturated heterocycles. The number of phenolic OH excluding ortho intramolecular Hbond substituents is 2. The molecule has 82 valence electrons. The molecule has 2 rings (SSSR count). The zero-order valence-corrected chi connectivity index (χ0v) is 9.30. The van der Waals surface area contributed by atoms with Crippen LogP contribution in [0.4, 0.5) is 0 Å². The first-order valence-corrected chi connectivity index (χ1v) is 5.31. The van der Waals surface area contributed by atoms with E-state index < -0.39 is 0 Å². The highest BCUT2D eigenvalue weighted by Gasteiger charge is 2.46. The van der Waals surface area contributed by atoms with Crippen molar-refractivity contribution in [1.82, 2.24) is 0 Å². The lowest BCUT2D eigenvalue weighted by atomic mass is 9.91. The maximum atomic E-state index is 9.58. The van der Waals surface area contributed by atoms with Crippen molar-refractivity contribution in [3.05, 3.63) is 22.2 Å². The van der Waals surface area contributed by atoms with Gasteiger partial charge in [-0.25, -0.2) is 0 Å². The third kappa shape index (κ3) is 1.46. The van der Waals surface area contributed by atoms with Crippen molar-refractivity contribution in [2.75, 3.05) is 6.54 Å². The second-order valence-corrected chi connectivity index (χ2v) is 4.61. The molecule has 1 saturated carbocycles. The number of benzene rings is 1. The number of aromatic hydroxyl groups is 2. The second-order valence-electron chi connectivity index (χ2n) is 4.23. The summed E-state index contributed by atoms with van der Waals surface area (Å²) < 4.78 is 0. The van der Waals surface area contributed by atoms with Gasteiger partial charge in [-0.3, -0.25) is 0 Å². The molecule has 0 amide bonds. The van der Waals surface area contributed by atoms with Crippen LogP contribution in [0.5, 0.6) is 11.5 Å². The molecular formula is C11H14ClNO2. The van der Waals surface area contributed by atoms with Crippen LogP contribution in [-0.2, 0) is 5.41 Å². The van der Waals surface area contributed by atoms with Crippen LogP contribution in [0, 0.1) is 6.92 Å². The van der Waals surface area contributed by atoms with Crippen molar-refractivity contribution >= 4 is 11.6 Å². The molecule has 1 aliphatic rings. The van der Waals surface area contributed by atoms with Gasteiger partial charge in [-0.15, -0.1) is 0 Å². The fraction of sp³-hybridized carbons (Fsp3) is 0.455. The van der Waals surface area contributed by atoms with Gasteiger partial charge in [0.2, 0.25) is 0 Å². The zero-order valence-electron chi connectivity index (χ0n) is 8.55. The standard InChI is InChI=1S/C11H14ClNO2/c1-6-4-7(14)10(15)9(12)8(6)11(5-13)2-3-11/h4,14-15H,2-3,5,13H2,1H3. The summed E-state index contributed by atoms with van der Waals surface area (Å²) in [5, 5.41) is 19.2. The quantitative estimate of drug-likeness (QED) is 0.678. The van der Waals surface area contributed by atoms with E-state index in [0.29, 0.717) is 6.54 Å². The molecule has 0 heterocycles. The van der Waals surface area contributed by atoms with Crippen LogP contribution in [0.15, 0.2) is 6.07 Å². The summed E-state index contributed by atoms with van der Waals surface area (Å²) in [6.45, 7) is 2.40. The van der Waals surface area contributed by atoms with Crippen molar-refractivity contribution in [3.63, 3.8) is 0 Å². The van der Waals surface area contributed by atoms with Gasteiger partial charge in [0, 0.05) is 12.0 Å².